The molecular weight excluding hydrogens is 275 g/mol. The molecule has 5 nitrogen and oxygen atoms in total. The highest BCUT2D eigenvalue weighted by Gasteiger charge is 2.23. The zero-order valence-corrected chi connectivity index (χ0v) is 12.2. The number of aldehydes is 1. The van der Waals surface area contributed by atoms with Crippen LogP contribution in [0.4, 0.5) is 4.39 Å². The Morgan fingerprint density at radius 1 is 1.57 bits per heavy atom. The van der Waals surface area contributed by atoms with Crippen molar-refractivity contribution in [2.45, 2.75) is 26.2 Å². The van der Waals surface area contributed by atoms with Gasteiger partial charge in [-0.25, -0.2) is 9.37 Å². The van der Waals surface area contributed by atoms with Crippen LogP contribution in [-0.2, 0) is 9.53 Å². The summed E-state index contributed by atoms with van der Waals surface area (Å²) in [6, 6.07) is 0.0949. The Balaban J connectivity index is 2.14. The number of aromatic nitrogens is 2. The summed E-state index contributed by atoms with van der Waals surface area (Å²) in [6.07, 6.45) is 6.34. The third-order valence-electron chi connectivity index (χ3n) is 3.74. The Morgan fingerprint density at radius 3 is 3.00 bits per heavy atom. The Labute approximate surface area is 123 Å². The number of allylic oxidation sites excluding steroid dienone is 2. The highest BCUT2D eigenvalue weighted by molar-refractivity contribution is 5.64. The smallest absolute Gasteiger partial charge is 0.319 e. The number of hydrogen-bond donors (Lipinski definition) is 0. The van der Waals surface area contributed by atoms with Crippen LogP contribution in [-0.4, -0.2) is 30.2 Å². The summed E-state index contributed by atoms with van der Waals surface area (Å²) in [7, 11) is 1.49. The normalized spacial score (nSPS) is 19.8. The molecule has 114 valence electrons. The molecule has 0 fully saturated rings. The van der Waals surface area contributed by atoms with Crippen molar-refractivity contribution in [1.29, 1.82) is 0 Å². The number of halogens is 1. The van der Waals surface area contributed by atoms with E-state index in [2.05, 4.69) is 9.97 Å². The van der Waals surface area contributed by atoms with Gasteiger partial charge in [0.1, 0.15) is 12.0 Å². The van der Waals surface area contributed by atoms with Gasteiger partial charge in [-0.2, -0.15) is 4.98 Å². The molecule has 21 heavy (non-hydrogen) atoms. The lowest BCUT2D eigenvalue weighted by Gasteiger charge is -2.24. The largest absolute Gasteiger partial charge is 0.436 e. The molecule has 1 aliphatic carbocycles. The molecule has 2 unspecified atom stereocenters. The maximum atomic E-state index is 13.9. The molecule has 2 rings (SSSR count). The van der Waals surface area contributed by atoms with Gasteiger partial charge in [0.15, 0.2) is 12.6 Å². The second-order valence-corrected chi connectivity index (χ2v) is 5.16. The van der Waals surface area contributed by atoms with E-state index in [0.717, 1.165) is 30.9 Å². The maximum absolute atomic E-state index is 13.9. The van der Waals surface area contributed by atoms with E-state index in [9.17, 15) is 9.18 Å². The lowest BCUT2D eigenvalue weighted by Crippen LogP contribution is -2.16. The third-order valence-corrected chi connectivity index (χ3v) is 3.74. The Hall–Kier alpha value is -1.82. The van der Waals surface area contributed by atoms with Crippen molar-refractivity contribution >= 4 is 11.9 Å². The number of nitrogens with zero attached hydrogens (tertiary/aromatic N) is 2. The minimum absolute atomic E-state index is 0.0169. The minimum Gasteiger partial charge on any atom is -0.436 e. The van der Waals surface area contributed by atoms with Crippen molar-refractivity contribution < 1.29 is 18.7 Å². The molecule has 0 saturated carbocycles. The number of carbonyl (C=O) groups excluding carboxylic acids is 1. The van der Waals surface area contributed by atoms with E-state index in [1.54, 1.807) is 0 Å². The van der Waals surface area contributed by atoms with Gasteiger partial charge in [0.05, 0.1) is 6.20 Å². The van der Waals surface area contributed by atoms with Crippen molar-refractivity contribution in [2.24, 2.45) is 11.8 Å². The quantitative estimate of drug-likeness (QED) is 0.596. The number of ether oxygens (including phenoxy) is 2. The van der Waals surface area contributed by atoms with Crippen LogP contribution in [0, 0.1) is 17.7 Å². The molecule has 0 aliphatic heterocycles. The molecule has 1 aromatic rings. The summed E-state index contributed by atoms with van der Waals surface area (Å²) in [5.41, 5.74) is 1.11. The predicted octanol–water partition coefficient (Wildman–Crippen LogP) is 2.62. The van der Waals surface area contributed by atoms with E-state index < -0.39 is 5.82 Å². The third kappa shape index (κ3) is 3.85. The summed E-state index contributed by atoms with van der Waals surface area (Å²) < 4.78 is 23.8. The van der Waals surface area contributed by atoms with E-state index in [-0.39, 0.29) is 24.4 Å². The van der Waals surface area contributed by atoms with Gasteiger partial charge in [-0.1, -0.05) is 13.0 Å². The lowest BCUT2D eigenvalue weighted by atomic mass is 9.81. The topological polar surface area (TPSA) is 61.3 Å². The van der Waals surface area contributed by atoms with Gasteiger partial charge in [0.2, 0.25) is 0 Å². The molecule has 0 aromatic carbocycles. The van der Waals surface area contributed by atoms with E-state index in [1.165, 1.54) is 7.11 Å². The summed E-state index contributed by atoms with van der Waals surface area (Å²) in [5.74, 6) is -0.119. The van der Waals surface area contributed by atoms with Crippen LogP contribution in [0.15, 0.2) is 12.3 Å². The molecule has 0 spiro atoms. The van der Waals surface area contributed by atoms with Crippen molar-refractivity contribution in [3.8, 4) is 6.01 Å². The van der Waals surface area contributed by atoms with E-state index in [1.807, 2.05) is 13.0 Å². The average Bonchev–Trinajstić information content (AvgIpc) is 2.53. The summed E-state index contributed by atoms with van der Waals surface area (Å²) in [4.78, 5) is 18.7. The molecule has 6 heteroatoms. The van der Waals surface area contributed by atoms with Crippen LogP contribution < -0.4 is 4.74 Å². The van der Waals surface area contributed by atoms with Gasteiger partial charge < -0.3 is 14.3 Å². The van der Waals surface area contributed by atoms with Crippen molar-refractivity contribution in [2.75, 3.05) is 13.9 Å². The molecule has 0 amide bonds. The first-order chi connectivity index (χ1) is 10.2. The Kier molecular flexibility index (Phi) is 5.38. The van der Waals surface area contributed by atoms with E-state index in [0.29, 0.717) is 12.3 Å². The Bertz CT molecular complexity index is 534. The second-order valence-electron chi connectivity index (χ2n) is 5.16. The molecule has 0 N–H and O–H groups in total. The van der Waals surface area contributed by atoms with Crippen LogP contribution in [0.2, 0.25) is 0 Å². The highest BCUT2D eigenvalue weighted by atomic mass is 19.1. The predicted molar refractivity (Wildman–Crippen MR) is 75.0 cm³/mol. The van der Waals surface area contributed by atoms with Gasteiger partial charge in [-0.05, 0) is 30.8 Å². The first kappa shape index (κ1) is 15.6. The fourth-order valence-electron chi connectivity index (χ4n) is 2.42. The number of carbonyl (C=O) groups is 1. The first-order valence-corrected chi connectivity index (χ1v) is 6.94. The lowest BCUT2D eigenvalue weighted by molar-refractivity contribution is -0.112. The number of rotatable bonds is 6. The van der Waals surface area contributed by atoms with Gasteiger partial charge in [-0.15, -0.1) is 0 Å². The molecule has 0 saturated heterocycles. The van der Waals surface area contributed by atoms with Crippen molar-refractivity contribution in [1.82, 2.24) is 9.97 Å². The summed E-state index contributed by atoms with van der Waals surface area (Å²) in [5, 5.41) is 0. The minimum atomic E-state index is -0.465. The molecule has 0 bridgehead atoms. The van der Waals surface area contributed by atoms with Crippen LogP contribution in [0.5, 0.6) is 6.01 Å². The van der Waals surface area contributed by atoms with Crippen LogP contribution in [0.25, 0.3) is 5.57 Å². The molecule has 1 aromatic heterocycles. The fraction of sp³-hybridized carbons (Fsp3) is 0.533. The van der Waals surface area contributed by atoms with E-state index in [4.69, 9.17) is 9.47 Å². The van der Waals surface area contributed by atoms with Gasteiger partial charge in [0, 0.05) is 13.0 Å². The summed E-state index contributed by atoms with van der Waals surface area (Å²) in [6.45, 7) is 1.93. The SMILES string of the molecule is COCOc1ncc(F)c(C2=CCC(C(C)C=O)CC2)n1. The first-order valence-electron chi connectivity index (χ1n) is 6.94. The van der Waals surface area contributed by atoms with Crippen LogP contribution in [0.1, 0.15) is 31.9 Å². The van der Waals surface area contributed by atoms with Crippen LogP contribution in [0.3, 0.4) is 0 Å². The Morgan fingerprint density at radius 2 is 2.38 bits per heavy atom. The zero-order chi connectivity index (χ0) is 15.2. The molecule has 1 heterocycles. The molecular formula is C15H19FN2O3. The van der Waals surface area contributed by atoms with Crippen molar-refractivity contribution in [3.05, 3.63) is 23.8 Å². The monoisotopic (exact) mass is 294 g/mol. The molecule has 0 radical (unpaired) electrons. The summed E-state index contributed by atoms with van der Waals surface area (Å²) >= 11 is 0. The maximum Gasteiger partial charge on any atom is 0.319 e. The average molecular weight is 294 g/mol. The molecule has 2 atom stereocenters. The van der Waals surface area contributed by atoms with Crippen LogP contribution >= 0.6 is 0 Å². The van der Waals surface area contributed by atoms with Gasteiger partial charge >= 0.3 is 6.01 Å². The molecule has 1 aliphatic rings. The zero-order valence-electron chi connectivity index (χ0n) is 12.2. The van der Waals surface area contributed by atoms with E-state index >= 15 is 0 Å². The second kappa shape index (κ2) is 7.26. The standard InChI is InChI=1S/C15H19FN2O3/c1-10(8-19)11-3-5-12(6-4-11)14-13(16)7-17-15(18-14)21-9-20-2/h5,7-8,10-11H,3-4,6,9H2,1-2H3. The van der Waals surface area contributed by atoms with Gasteiger partial charge in [-0.3, -0.25) is 0 Å². The number of hydrogen-bond acceptors (Lipinski definition) is 5. The van der Waals surface area contributed by atoms with Crippen molar-refractivity contribution in [3.63, 3.8) is 0 Å². The van der Waals surface area contributed by atoms with Gasteiger partial charge in [0.25, 0.3) is 0 Å². The fourth-order valence-corrected chi connectivity index (χ4v) is 2.42. The number of methoxy groups -OCH3 is 1. The highest BCUT2D eigenvalue weighted by Crippen LogP contribution is 2.33.